The Kier molecular flexibility index (Phi) is 4.41. The van der Waals surface area contributed by atoms with Gasteiger partial charge >= 0.3 is 0 Å². The van der Waals surface area contributed by atoms with Crippen molar-refractivity contribution in [1.29, 1.82) is 0 Å². The van der Waals surface area contributed by atoms with Crippen LogP contribution in [0.15, 0.2) is 36.7 Å². The van der Waals surface area contributed by atoms with Crippen LogP contribution in [0.1, 0.15) is 12.5 Å². The molecule has 2 rings (SSSR count). The van der Waals surface area contributed by atoms with Crippen LogP contribution in [-0.4, -0.2) is 28.0 Å². The van der Waals surface area contributed by atoms with E-state index in [2.05, 4.69) is 17.3 Å². The number of hydrogen-bond donors (Lipinski definition) is 2. The van der Waals surface area contributed by atoms with Crippen LogP contribution in [0.3, 0.4) is 0 Å². The van der Waals surface area contributed by atoms with Crippen LogP contribution < -0.4 is 10.1 Å². The lowest BCUT2D eigenvalue weighted by Crippen LogP contribution is -2.30. The van der Waals surface area contributed by atoms with Gasteiger partial charge in [0.2, 0.25) is 0 Å². The van der Waals surface area contributed by atoms with Crippen molar-refractivity contribution in [2.75, 3.05) is 7.11 Å². The summed E-state index contributed by atoms with van der Waals surface area (Å²) < 4.78 is 7.03. The molecule has 0 fully saturated rings. The molecule has 0 bridgehead atoms. The molecule has 1 heterocycles. The van der Waals surface area contributed by atoms with Gasteiger partial charge in [-0.1, -0.05) is 0 Å². The predicted octanol–water partition coefficient (Wildman–Crippen LogP) is 1.78. The highest BCUT2D eigenvalue weighted by Gasteiger charge is 2.06. The summed E-state index contributed by atoms with van der Waals surface area (Å²) in [6.45, 7) is 3.46. The first-order chi connectivity index (χ1) is 9.19. The molecule has 1 aromatic heterocycles. The first-order valence-electron chi connectivity index (χ1n) is 6.25. The van der Waals surface area contributed by atoms with Crippen molar-refractivity contribution in [2.24, 2.45) is 0 Å². The standard InChI is InChI=1S/C14H19N3O2/c1-11(10-17-7-3-6-16-17)15-9-12-8-13(19-2)4-5-14(12)18/h3-8,11,15,18H,9-10H2,1-2H3. The van der Waals surface area contributed by atoms with Crippen molar-refractivity contribution >= 4 is 0 Å². The molecule has 19 heavy (non-hydrogen) atoms. The summed E-state index contributed by atoms with van der Waals surface area (Å²) in [6.07, 6.45) is 3.70. The van der Waals surface area contributed by atoms with Crippen LogP contribution in [0, 0.1) is 0 Å². The van der Waals surface area contributed by atoms with E-state index in [4.69, 9.17) is 4.74 Å². The summed E-state index contributed by atoms with van der Waals surface area (Å²) in [5.41, 5.74) is 0.826. The fourth-order valence-electron chi connectivity index (χ4n) is 1.87. The van der Waals surface area contributed by atoms with Crippen molar-refractivity contribution < 1.29 is 9.84 Å². The number of benzene rings is 1. The van der Waals surface area contributed by atoms with Gasteiger partial charge < -0.3 is 15.2 Å². The molecule has 0 aliphatic rings. The predicted molar refractivity (Wildman–Crippen MR) is 73.2 cm³/mol. The molecule has 1 aromatic carbocycles. The van der Waals surface area contributed by atoms with E-state index in [1.807, 2.05) is 23.0 Å². The molecule has 1 atom stereocenters. The number of methoxy groups -OCH3 is 1. The highest BCUT2D eigenvalue weighted by molar-refractivity contribution is 5.39. The van der Waals surface area contributed by atoms with E-state index in [-0.39, 0.29) is 11.8 Å². The minimum absolute atomic E-state index is 0.255. The molecular formula is C14H19N3O2. The zero-order valence-corrected chi connectivity index (χ0v) is 11.2. The summed E-state index contributed by atoms with van der Waals surface area (Å²) in [7, 11) is 1.62. The SMILES string of the molecule is COc1ccc(O)c(CNC(C)Cn2cccn2)c1. The number of ether oxygens (including phenoxy) is 1. The smallest absolute Gasteiger partial charge is 0.120 e. The number of hydrogen-bond acceptors (Lipinski definition) is 4. The molecule has 0 amide bonds. The normalized spacial score (nSPS) is 12.3. The molecule has 5 nitrogen and oxygen atoms in total. The van der Waals surface area contributed by atoms with Crippen LogP contribution in [0.25, 0.3) is 0 Å². The number of aromatic hydroxyl groups is 1. The largest absolute Gasteiger partial charge is 0.508 e. The lowest BCUT2D eigenvalue weighted by molar-refractivity contribution is 0.407. The number of nitrogens with zero attached hydrogens (tertiary/aromatic N) is 2. The molecule has 2 N–H and O–H groups in total. The quantitative estimate of drug-likeness (QED) is 0.832. The summed E-state index contributed by atoms with van der Waals surface area (Å²) in [5.74, 6) is 1.02. The third kappa shape index (κ3) is 3.72. The number of phenols is 1. The fourth-order valence-corrected chi connectivity index (χ4v) is 1.87. The van der Waals surface area contributed by atoms with E-state index in [0.717, 1.165) is 17.9 Å². The Morgan fingerprint density at radius 2 is 2.32 bits per heavy atom. The van der Waals surface area contributed by atoms with Crippen LogP contribution in [-0.2, 0) is 13.1 Å². The zero-order valence-electron chi connectivity index (χ0n) is 11.2. The molecule has 2 aromatic rings. The van der Waals surface area contributed by atoms with Gasteiger partial charge in [-0.15, -0.1) is 0 Å². The molecule has 0 radical (unpaired) electrons. The van der Waals surface area contributed by atoms with Crippen LogP contribution in [0.4, 0.5) is 0 Å². The van der Waals surface area contributed by atoms with Crippen molar-refractivity contribution in [1.82, 2.24) is 15.1 Å². The number of rotatable bonds is 6. The Morgan fingerprint density at radius 1 is 1.47 bits per heavy atom. The highest BCUT2D eigenvalue weighted by atomic mass is 16.5. The van der Waals surface area contributed by atoms with Crippen molar-refractivity contribution in [3.8, 4) is 11.5 Å². The topological polar surface area (TPSA) is 59.3 Å². The zero-order chi connectivity index (χ0) is 13.7. The molecular weight excluding hydrogens is 242 g/mol. The summed E-state index contributed by atoms with van der Waals surface area (Å²) in [5, 5.41) is 17.3. The molecule has 0 aliphatic heterocycles. The van der Waals surface area contributed by atoms with Gasteiger partial charge in [0, 0.05) is 30.5 Å². The van der Waals surface area contributed by atoms with E-state index in [9.17, 15) is 5.11 Å². The van der Waals surface area contributed by atoms with E-state index < -0.39 is 0 Å². The second-order valence-electron chi connectivity index (χ2n) is 4.50. The van der Waals surface area contributed by atoms with Crippen molar-refractivity contribution in [2.45, 2.75) is 26.1 Å². The molecule has 0 spiro atoms. The van der Waals surface area contributed by atoms with Gasteiger partial charge in [-0.2, -0.15) is 5.10 Å². The summed E-state index contributed by atoms with van der Waals surface area (Å²) in [6, 6.07) is 7.38. The first-order valence-corrected chi connectivity index (χ1v) is 6.25. The van der Waals surface area contributed by atoms with Crippen LogP contribution in [0.5, 0.6) is 11.5 Å². The Labute approximate surface area is 112 Å². The fraction of sp³-hybridized carbons (Fsp3) is 0.357. The van der Waals surface area contributed by atoms with Gasteiger partial charge in [0.25, 0.3) is 0 Å². The van der Waals surface area contributed by atoms with Crippen molar-refractivity contribution in [3.05, 3.63) is 42.2 Å². The molecule has 102 valence electrons. The third-order valence-electron chi connectivity index (χ3n) is 2.95. The maximum atomic E-state index is 9.79. The lowest BCUT2D eigenvalue weighted by Gasteiger charge is -2.15. The lowest BCUT2D eigenvalue weighted by atomic mass is 10.1. The van der Waals surface area contributed by atoms with Crippen LogP contribution in [0.2, 0.25) is 0 Å². The summed E-state index contributed by atoms with van der Waals surface area (Å²) in [4.78, 5) is 0. The summed E-state index contributed by atoms with van der Waals surface area (Å²) >= 11 is 0. The molecule has 1 unspecified atom stereocenters. The number of aromatic nitrogens is 2. The number of nitrogens with one attached hydrogen (secondary N) is 1. The van der Waals surface area contributed by atoms with Gasteiger partial charge in [0.05, 0.1) is 13.7 Å². The Bertz CT molecular complexity index is 511. The average molecular weight is 261 g/mol. The third-order valence-corrected chi connectivity index (χ3v) is 2.95. The maximum Gasteiger partial charge on any atom is 0.120 e. The molecule has 0 aliphatic carbocycles. The highest BCUT2D eigenvalue weighted by Crippen LogP contribution is 2.22. The van der Waals surface area contributed by atoms with E-state index in [1.165, 1.54) is 0 Å². The Balaban J connectivity index is 1.91. The van der Waals surface area contributed by atoms with Gasteiger partial charge in [-0.3, -0.25) is 4.68 Å². The minimum atomic E-state index is 0.255. The van der Waals surface area contributed by atoms with Crippen LogP contribution >= 0.6 is 0 Å². The van der Waals surface area contributed by atoms with Gasteiger partial charge in [-0.25, -0.2) is 0 Å². The van der Waals surface area contributed by atoms with Gasteiger partial charge in [-0.05, 0) is 31.2 Å². The second-order valence-corrected chi connectivity index (χ2v) is 4.50. The molecule has 0 saturated heterocycles. The maximum absolute atomic E-state index is 9.79. The second kappa shape index (κ2) is 6.24. The minimum Gasteiger partial charge on any atom is -0.508 e. The van der Waals surface area contributed by atoms with Gasteiger partial charge in [0.1, 0.15) is 11.5 Å². The average Bonchev–Trinajstić information content (AvgIpc) is 2.90. The van der Waals surface area contributed by atoms with E-state index in [0.29, 0.717) is 6.54 Å². The monoisotopic (exact) mass is 261 g/mol. The Hall–Kier alpha value is -2.01. The van der Waals surface area contributed by atoms with E-state index >= 15 is 0 Å². The van der Waals surface area contributed by atoms with Crippen molar-refractivity contribution in [3.63, 3.8) is 0 Å². The molecule has 5 heteroatoms. The first kappa shape index (κ1) is 13.4. The Morgan fingerprint density at radius 3 is 3.00 bits per heavy atom. The van der Waals surface area contributed by atoms with E-state index in [1.54, 1.807) is 25.4 Å². The molecule has 0 saturated carbocycles. The number of phenolic OH excluding ortho intramolecular Hbond substituents is 1. The van der Waals surface area contributed by atoms with Gasteiger partial charge in [0.15, 0.2) is 0 Å².